The van der Waals surface area contributed by atoms with Gasteiger partial charge in [-0.25, -0.2) is 4.98 Å². The summed E-state index contributed by atoms with van der Waals surface area (Å²) in [6.07, 6.45) is 1.85. The fraction of sp³-hybridized carbons (Fsp3) is 0.0196. The lowest BCUT2D eigenvalue weighted by atomic mass is 9.69. The van der Waals surface area contributed by atoms with Crippen LogP contribution < -0.4 is 0 Å². The first-order valence-corrected chi connectivity index (χ1v) is 18.3. The molecule has 2 aliphatic carbocycles. The van der Waals surface area contributed by atoms with E-state index in [1.807, 2.05) is 12.3 Å². The Hall–Kier alpha value is -6.90. The minimum absolute atomic E-state index is 0.424. The van der Waals surface area contributed by atoms with E-state index in [1.165, 1.54) is 71.6 Å². The second-order valence-electron chi connectivity index (χ2n) is 14.4. The van der Waals surface area contributed by atoms with E-state index in [-0.39, 0.29) is 0 Å². The Kier molecular flexibility index (Phi) is 5.73. The number of pyridine rings is 2. The topological polar surface area (TPSA) is 25.8 Å². The fourth-order valence-corrected chi connectivity index (χ4v) is 9.75. The van der Waals surface area contributed by atoms with E-state index in [1.54, 1.807) is 0 Å². The van der Waals surface area contributed by atoms with Crippen molar-refractivity contribution in [2.45, 2.75) is 5.41 Å². The van der Waals surface area contributed by atoms with Crippen LogP contribution in [0.3, 0.4) is 0 Å². The van der Waals surface area contributed by atoms with Crippen molar-refractivity contribution < 1.29 is 0 Å². The summed E-state index contributed by atoms with van der Waals surface area (Å²) < 4.78 is 0. The molecule has 2 nitrogen and oxygen atoms in total. The van der Waals surface area contributed by atoms with E-state index in [0.717, 1.165) is 38.6 Å². The van der Waals surface area contributed by atoms with Crippen LogP contribution in [0.4, 0.5) is 0 Å². The van der Waals surface area contributed by atoms with Gasteiger partial charge in [-0.1, -0.05) is 158 Å². The largest absolute Gasteiger partial charge is 0.254 e. The molecule has 0 N–H and O–H groups in total. The maximum atomic E-state index is 5.25. The lowest BCUT2D eigenvalue weighted by Crippen LogP contribution is -2.26. The van der Waals surface area contributed by atoms with E-state index < -0.39 is 5.41 Å². The highest BCUT2D eigenvalue weighted by atomic mass is 14.8. The summed E-state index contributed by atoms with van der Waals surface area (Å²) in [5.41, 5.74) is 16.6. The number of benzene rings is 8. The standard InChI is InChI=1S/C51H30N2/c1-2-13-37-31(10-1)23-27-45-47(37)42-26-22-35-30-34(21-25-38(35)48(42)51(45)43-17-7-5-14-39(43)40-15-6-8-18-44(40)51)36-12-3-4-16-41(36)46-28-24-33-20-19-32-11-9-29-52-49(32)50(33)53-46/h1-30H. The quantitative estimate of drug-likeness (QED) is 0.171. The lowest BCUT2D eigenvalue weighted by molar-refractivity contribution is 0.802. The van der Waals surface area contributed by atoms with Crippen molar-refractivity contribution in [3.63, 3.8) is 0 Å². The van der Waals surface area contributed by atoms with Gasteiger partial charge in [-0.3, -0.25) is 4.98 Å². The molecule has 0 aliphatic heterocycles. The first-order valence-electron chi connectivity index (χ1n) is 18.3. The van der Waals surface area contributed by atoms with Crippen LogP contribution in [0.15, 0.2) is 182 Å². The van der Waals surface area contributed by atoms with Gasteiger partial charge in [-0.15, -0.1) is 0 Å². The monoisotopic (exact) mass is 670 g/mol. The third-order valence-electron chi connectivity index (χ3n) is 11.9. The minimum Gasteiger partial charge on any atom is -0.254 e. The first-order chi connectivity index (χ1) is 26.3. The van der Waals surface area contributed by atoms with Gasteiger partial charge in [0.25, 0.3) is 0 Å². The SMILES string of the molecule is c1ccc(-c2ccc3ccc4cccnc4c3n2)c(-c2ccc3c4c(ccc3c2)-c2c(ccc3ccccc23)C42c3ccccc3-c3ccccc32)c1. The van der Waals surface area contributed by atoms with Crippen molar-refractivity contribution in [3.05, 3.63) is 204 Å². The Morgan fingerprint density at radius 2 is 1.02 bits per heavy atom. The number of nitrogens with zero attached hydrogens (tertiary/aromatic N) is 2. The van der Waals surface area contributed by atoms with Crippen molar-refractivity contribution in [2.75, 3.05) is 0 Å². The highest BCUT2D eigenvalue weighted by molar-refractivity contribution is 6.11. The highest BCUT2D eigenvalue weighted by Gasteiger charge is 2.52. The molecular formula is C51H30N2. The maximum absolute atomic E-state index is 5.25. The van der Waals surface area contributed by atoms with Gasteiger partial charge in [0, 0.05) is 22.5 Å². The van der Waals surface area contributed by atoms with Crippen LogP contribution in [-0.4, -0.2) is 9.97 Å². The van der Waals surface area contributed by atoms with Gasteiger partial charge in [0.15, 0.2) is 0 Å². The molecule has 0 amide bonds. The number of fused-ring (bicyclic) bond motifs is 17. The molecule has 0 saturated heterocycles. The van der Waals surface area contributed by atoms with Gasteiger partial charge in [0.1, 0.15) is 0 Å². The molecular weight excluding hydrogens is 641 g/mol. The molecule has 0 atom stereocenters. The van der Waals surface area contributed by atoms with Gasteiger partial charge >= 0.3 is 0 Å². The fourth-order valence-electron chi connectivity index (χ4n) is 9.75. The van der Waals surface area contributed by atoms with E-state index in [9.17, 15) is 0 Å². The van der Waals surface area contributed by atoms with Crippen LogP contribution in [0, 0.1) is 0 Å². The molecule has 53 heavy (non-hydrogen) atoms. The molecule has 8 aromatic carbocycles. The Bertz CT molecular complexity index is 3140. The number of hydrogen-bond acceptors (Lipinski definition) is 2. The number of hydrogen-bond donors (Lipinski definition) is 0. The zero-order valence-corrected chi connectivity index (χ0v) is 28.7. The smallest absolute Gasteiger partial charge is 0.0972 e. The molecule has 244 valence electrons. The molecule has 1 spiro atoms. The van der Waals surface area contributed by atoms with E-state index >= 15 is 0 Å². The predicted octanol–water partition coefficient (Wildman–Crippen LogP) is 12.8. The average Bonchev–Trinajstić information content (AvgIpc) is 3.71. The molecule has 0 bridgehead atoms. The highest BCUT2D eigenvalue weighted by Crippen LogP contribution is 2.65. The van der Waals surface area contributed by atoms with Gasteiger partial charge in [0.2, 0.25) is 0 Å². The summed E-state index contributed by atoms with van der Waals surface area (Å²) in [5.74, 6) is 0. The molecule has 2 aromatic heterocycles. The van der Waals surface area contributed by atoms with E-state index in [2.05, 4.69) is 170 Å². The van der Waals surface area contributed by atoms with Gasteiger partial charge in [0.05, 0.1) is 22.1 Å². The van der Waals surface area contributed by atoms with Crippen molar-refractivity contribution in [3.8, 4) is 44.6 Å². The van der Waals surface area contributed by atoms with Crippen molar-refractivity contribution in [1.82, 2.24) is 9.97 Å². The van der Waals surface area contributed by atoms with Gasteiger partial charge < -0.3 is 0 Å². The molecule has 2 heteroatoms. The normalized spacial score (nSPS) is 13.4. The van der Waals surface area contributed by atoms with Crippen LogP contribution in [0.25, 0.3) is 88.0 Å². The van der Waals surface area contributed by atoms with E-state index in [4.69, 9.17) is 9.97 Å². The second kappa shape index (κ2) is 10.6. The summed E-state index contributed by atoms with van der Waals surface area (Å²) in [5, 5.41) is 7.29. The predicted molar refractivity (Wildman–Crippen MR) is 219 cm³/mol. The first kappa shape index (κ1) is 28.8. The maximum Gasteiger partial charge on any atom is 0.0972 e. The van der Waals surface area contributed by atoms with E-state index in [0.29, 0.717) is 0 Å². The number of rotatable bonds is 2. The number of aromatic nitrogens is 2. The van der Waals surface area contributed by atoms with Gasteiger partial charge in [-0.2, -0.15) is 0 Å². The lowest BCUT2D eigenvalue weighted by Gasteiger charge is -2.31. The third kappa shape index (κ3) is 3.77. The van der Waals surface area contributed by atoms with Crippen LogP contribution in [0.2, 0.25) is 0 Å². The molecule has 0 fully saturated rings. The minimum atomic E-state index is -0.424. The van der Waals surface area contributed by atoms with Crippen LogP contribution >= 0.6 is 0 Å². The summed E-state index contributed by atoms with van der Waals surface area (Å²) in [6, 6.07) is 64.9. The van der Waals surface area contributed by atoms with Crippen LogP contribution in [0.1, 0.15) is 22.3 Å². The van der Waals surface area contributed by atoms with Crippen molar-refractivity contribution in [1.29, 1.82) is 0 Å². The molecule has 0 unspecified atom stereocenters. The Balaban J connectivity index is 1.11. The van der Waals surface area contributed by atoms with Gasteiger partial charge in [-0.05, 0) is 95.4 Å². The molecule has 2 heterocycles. The summed E-state index contributed by atoms with van der Waals surface area (Å²) in [4.78, 5) is 9.96. The zero-order valence-electron chi connectivity index (χ0n) is 28.7. The molecule has 0 radical (unpaired) electrons. The molecule has 10 aromatic rings. The van der Waals surface area contributed by atoms with Crippen LogP contribution in [-0.2, 0) is 5.41 Å². The Labute approximate surface area is 306 Å². The molecule has 2 aliphatic rings. The Morgan fingerprint density at radius 1 is 0.377 bits per heavy atom. The zero-order chi connectivity index (χ0) is 34.7. The van der Waals surface area contributed by atoms with Crippen molar-refractivity contribution in [2.24, 2.45) is 0 Å². The second-order valence-corrected chi connectivity index (χ2v) is 14.4. The summed E-state index contributed by atoms with van der Waals surface area (Å²) in [7, 11) is 0. The Morgan fingerprint density at radius 3 is 1.85 bits per heavy atom. The summed E-state index contributed by atoms with van der Waals surface area (Å²) in [6.45, 7) is 0. The molecule has 12 rings (SSSR count). The third-order valence-corrected chi connectivity index (χ3v) is 11.9. The summed E-state index contributed by atoms with van der Waals surface area (Å²) >= 11 is 0. The van der Waals surface area contributed by atoms with Crippen LogP contribution in [0.5, 0.6) is 0 Å². The molecule has 0 saturated carbocycles. The van der Waals surface area contributed by atoms with Crippen molar-refractivity contribution >= 4 is 43.4 Å². The average molecular weight is 671 g/mol.